The Kier molecular flexibility index (Phi) is 23.4. The van der Waals surface area contributed by atoms with Crippen molar-refractivity contribution < 1.29 is 47.6 Å². The van der Waals surface area contributed by atoms with E-state index >= 15 is 0 Å². The van der Waals surface area contributed by atoms with Crippen LogP contribution < -0.4 is 29.6 Å². The second kappa shape index (κ2) is 21.1. The van der Waals surface area contributed by atoms with Crippen molar-refractivity contribution in [2.24, 2.45) is 0 Å². The maximum Gasteiger partial charge on any atom is 1.00 e. The monoisotopic (exact) mass is 428 g/mol. The number of hydrogen-bond acceptors (Lipinski definition) is 4. The minimum Gasteiger partial charge on any atom is -0.748 e. The van der Waals surface area contributed by atoms with Crippen molar-refractivity contribution in [3.8, 4) is 0 Å². The van der Waals surface area contributed by atoms with E-state index in [-0.39, 0.29) is 29.6 Å². The van der Waals surface area contributed by atoms with Crippen LogP contribution in [-0.4, -0.2) is 29.4 Å². The minimum atomic E-state index is -4.41. The van der Waals surface area contributed by atoms with Gasteiger partial charge in [0.15, 0.2) is 0 Å². The van der Waals surface area contributed by atoms with E-state index in [0.717, 1.165) is 32.1 Å². The van der Waals surface area contributed by atoms with Crippen LogP contribution in [0.25, 0.3) is 0 Å². The van der Waals surface area contributed by atoms with E-state index < -0.39 is 21.5 Å². The molecule has 0 spiro atoms. The molecule has 0 saturated heterocycles. The molecule has 0 aromatic heterocycles. The van der Waals surface area contributed by atoms with Crippen LogP contribution in [0.15, 0.2) is 0 Å². The molecule has 4 nitrogen and oxygen atoms in total. The first-order valence-electron chi connectivity index (χ1n) is 11.6. The van der Waals surface area contributed by atoms with Crippen LogP contribution in [-0.2, 0) is 10.1 Å². The third-order valence-corrected chi connectivity index (χ3v) is 6.79. The Morgan fingerprint density at radius 1 is 0.643 bits per heavy atom. The van der Waals surface area contributed by atoms with Gasteiger partial charge in [-0.05, 0) is 12.8 Å². The van der Waals surface area contributed by atoms with Crippen molar-refractivity contribution in [2.75, 3.05) is 0 Å². The summed E-state index contributed by atoms with van der Waals surface area (Å²) in [6.45, 7) is 4.28. The molecule has 0 aliphatic rings. The fourth-order valence-corrected chi connectivity index (χ4v) is 4.66. The molecule has 0 saturated carbocycles. The van der Waals surface area contributed by atoms with Gasteiger partial charge in [-0.15, -0.1) is 0 Å². The Morgan fingerprint density at radius 2 is 0.964 bits per heavy atom. The van der Waals surface area contributed by atoms with Crippen molar-refractivity contribution in [1.29, 1.82) is 0 Å². The van der Waals surface area contributed by atoms with Gasteiger partial charge in [0.1, 0.15) is 10.1 Å². The van der Waals surface area contributed by atoms with Crippen LogP contribution in [0.2, 0.25) is 0 Å². The number of unbranched alkanes of at least 4 members (excludes halogenated alkanes) is 14. The molecular weight excluding hydrogens is 383 g/mol. The van der Waals surface area contributed by atoms with Gasteiger partial charge < -0.3 is 9.66 Å². The zero-order chi connectivity index (χ0) is 20.4. The van der Waals surface area contributed by atoms with E-state index in [4.69, 9.17) is 0 Å². The van der Waals surface area contributed by atoms with Gasteiger partial charge in [0, 0.05) is 0 Å². The molecule has 28 heavy (non-hydrogen) atoms. The quantitative estimate of drug-likeness (QED) is 0.183. The molecule has 0 aliphatic carbocycles. The van der Waals surface area contributed by atoms with Crippen LogP contribution in [0.4, 0.5) is 0 Å². The first-order chi connectivity index (χ1) is 12.9. The summed E-state index contributed by atoms with van der Waals surface area (Å²) < 4.78 is 34.2. The van der Waals surface area contributed by atoms with Crippen LogP contribution >= 0.6 is 0 Å². The molecule has 0 rings (SSSR count). The van der Waals surface area contributed by atoms with Crippen molar-refractivity contribution in [1.82, 2.24) is 0 Å². The van der Waals surface area contributed by atoms with E-state index in [0.29, 0.717) is 19.3 Å². The van der Waals surface area contributed by atoms with E-state index in [1.54, 1.807) is 0 Å². The maximum atomic E-state index is 11.4. The summed E-state index contributed by atoms with van der Waals surface area (Å²) in [5.74, 6) is 0. The standard InChI is InChI=1S/C22H46O4S.Na/c1-3-5-7-8-9-10-11-12-13-14-15-16-18-19-21(23)22(27(24,25)26)20-17-6-4-2;/h21-23H,3-20H2,1-2H3,(H,24,25,26);/q;+1/p-1. The Balaban J connectivity index is 0. The third-order valence-electron chi connectivity index (χ3n) is 5.50. The van der Waals surface area contributed by atoms with Crippen LogP contribution in [0.3, 0.4) is 0 Å². The molecule has 1 N–H and O–H groups in total. The molecule has 6 heteroatoms. The molecule has 0 heterocycles. The van der Waals surface area contributed by atoms with E-state index in [2.05, 4.69) is 6.92 Å². The Morgan fingerprint density at radius 3 is 1.36 bits per heavy atom. The Bertz CT molecular complexity index is 415. The predicted octanol–water partition coefficient (Wildman–Crippen LogP) is 3.33. The summed E-state index contributed by atoms with van der Waals surface area (Å²) in [4.78, 5) is 0. The Hall–Kier alpha value is 0.870. The maximum absolute atomic E-state index is 11.4. The molecule has 0 aromatic rings. The normalized spacial score (nSPS) is 13.9. The molecule has 0 amide bonds. The van der Waals surface area contributed by atoms with Gasteiger partial charge in [-0.1, -0.05) is 117 Å². The van der Waals surface area contributed by atoms with E-state index in [1.807, 2.05) is 6.92 Å². The van der Waals surface area contributed by atoms with Gasteiger partial charge in [-0.2, -0.15) is 0 Å². The third kappa shape index (κ3) is 18.9. The fourth-order valence-electron chi connectivity index (χ4n) is 3.68. The summed E-state index contributed by atoms with van der Waals surface area (Å²) >= 11 is 0. The van der Waals surface area contributed by atoms with Gasteiger partial charge >= 0.3 is 29.6 Å². The summed E-state index contributed by atoms with van der Waals surface area (Å²) in [7, 11) is -4.41. The molecule has 0 aliphatic heterocycles. The van der Waals surface area contributed by atoms with Crippen molar-refractivity contribution in [3.05, 3.63) is 0 Å². The first kappa shape index (κ1) is 31.1. The zero-order valence-corrected chi connectivity index (χ0v) is 21.8. The van der Waals surface area contributed by atoms with E-state index in [9.17, 15) is 18.1 Å². The second-order valence-electron chi connectivity index (χ2n) is 8.13. The molecule has 0 radical (unpaired) electrons. The second-order valence-corrected chi connectivity index (χ2v) is 9.72. The van der Waals surface area contributed by atoms with Gasteiger partial charge in [-0.25, -0.2) is 8.42 Å². The summed E-state index contributed by atoms with van der Waals surface area (Å²) in [6.07, 6.45) is 18.5. The van der Waals surface area contributed by atoms with Crippen molar-refractivity contribution >= 4 is 10.1 Å². The summed E-state index contributed by atoms with van der Waals surface area (Å²) in [5.41, 5.74) is 0. The number of aliphatic hydroxyl groups is 1. The number of rotatable bonds is 20. The topological polar surface area (TPSA) is 77.4 Å². The van der Waals surface area contributed by atoms with Gasteiger partial charge in [0.05, 0.1) is 11.4 Å². The van der Waals surface area contributed by atoms with Crippen LogP contribution in [0.1, 0.15) is 129 Å². The SMILES string of the molecule is CCCCCCCCCCCCCCCC(O)C(CCCCC)S(=O)(=O)[O-].[Na+]. The summed E-state index contributed by atoms with van der Waals surface area (Å²) in [5, 5.41) is 9.02. The van der Waals surface area contributed by atoms with Crippen LogP contribution in [0.5, 0.6) is 0 Å². The Labute approximate surface area is 197 Å². The van der Waals surface area contributed by atoms with Gasteiger partial charge in [0.25, 0.3) is 0 Å². The molecule has 0 bridgehead atoms. The molecule has 0 fully saturated rings. The molecular formula is C22H45NaO4S. The zero-order valence-electron chi connectivity index (χ0n) is 19.0. The molecule has 2 atom stereocenters. The smallest absolute Gasteiger partial charge is 0.748 e. The molecule has 0 aromatic carbocycles. The summed E-state index contributed by atoms with van der Waals surface area (Å²) in [6, 6.07) is 0. The number of aliphatic hydroxyl groups excluding tert-OH is 1. The van der Waals surface area contributed by atoms with E-state index in [1.165, 1.54) is 64.2 Å². The van der Waals surface area contributed by atoms with Gasteiger partial charge in [-0.3, -0.25) is 0 Å². The fraction of sp³-hybridized carbons (Fsp3) is 1.00. The largest absolute Gasteiger partial charge is 1.00 e. The number of hydrogen-bond donors (Lipinski definition) is 1. The average Bonchev–Trinajstić information content (AvgIpc) is 2.61. The minimum absolute atomic E-state index is 0. The van der Waals surface area contributed by atoms with Crippen molar-refractivity contribution in [2.45, 2.75) is 141 Å². The predicted molar refractivity (Wildman–Crippen MR) is 114 cm³/mol. The first-order valence-corrected chi connectivity index (χ1v) is 13.0. The van der Waals surface area contributed by atoms with Gasteiger partial charge in [0.2, 0.25) is 0 Å². The molecule has 2 unspecified atom stereocenters. The molecule has 164 valence electrons. The average molecular weight is 429 g/mol. The van der Waals surface area contributed by atoms with Crippen LogP contribution in [0, 0.1) is 0 Å². The van der Waals surface area contributed by atoms with Crippen molar-refractivity contribution in [3.63, 3.8) is 0 Å².